The van der Waals surface area contributed by atoms with Gasteiger partial charge in [0.15, 0.2) is 0 Å². The standard InChI is InChI=1S/C8H11NOS/c1-5-4-11-8-3-7(10)9(8)6(5)2/h8H,3-4H2,1-2H3/t8-/m0/s1. The Morgan fingerprint density at radius 1 is 1.55 bits per heavy atom. The Morgan fingerprint density at radius 2 is 2.27 bits per heavy atom. The number of rotatable bonds is 0. The van der Waals surface area contributed by atoms with Crippen molar-refractivity contribution in [2.75, 3.05) is 5.75 Å². The summed E-state index contributed by atoms with van der Waals surface area (Å²) in [5.41, 5.74) is 2.53. The molecule has 0 radical (unpaired) electrons. The minimum Gasteiger partial charge on any atom is -0.303 e. The molecule has 1 amide bonds. The van der Waals surface area contributed by atoms with E-state index in [2.05, 4.69) is 6.92 Å². The van der Waals surface area contributed by atoms with Crippen LogP contribution in [0.3, 0.4) is 0 Å². The van der Waals surface area contributed by atoms with Gasteiger partial charge in [-0.3, -0.25) is 4.79 Å². The van der Waals surface area contributed by atoms with Crippen LogP contribution in [0.2, 0.25) is 0 Å². The number of hydrogen-bond acceptors (Lipinski definition) is 2. The van der Waals surface area contributed by atoms with E-state index in [0.29, 0.717) is 11.3 Å². The molecular formula is C8H11NOS. The van der Waals surface area contributed by atoms with Gasteiger partial charge < -0.3 is 4.90 Å². The van der Waals surface area contributed by atoms with Crippen molar-refractivity contribution in [2.45, 2.75) is 25.6 Å². The second-order valence-corrected chi connectivity index (χ2v) is 4.27. The van der Waals surface area contributed by atoms with Crippen LogP contribution in [-0.4, -0.2) is 21.9 Å². The van der Waals surface area contributed by atoms with Crippen molar-refractivity contribution in [1.29, 1.82) is 0 Å². The molecule has 0 aromatic carbocycles. The van der Waals surface area contributed by atoms with Gasteiger partial charge in [0.05, 0.1) is 11.8 Å². The number of carbonyl (C=O) groups excluding carboxylic acids is 1. The van der Waals surface area contributed by atoms with E-state index in [4.69, 9.17) is 0 Å². The SMILES string of the molecule is CC1=C(C)N2C(=O)C[C@@H]2SC1. The third-order valence-corrected chi connectivity index (χ3v) is 3.74. The maximum absolute atomic E-state index is 11.1. The molecule has 2 rings (SSSR count). The molecule has 1 atom stereocenters. The lowest BCUT2D eigenvalue weighted by Crippen LogP contribution is -2.51. The third-order valence-electron chi connectivity index (χ3n) is 2.38. The van der Waals surface area contributed by atoms with Crippen LogP contribution in [0.25, 0.3) is 0 Å². The Balaban J connectivity index is 2.29. The fraction of sp³-hybridized carbons (Fsp3) is 0.625. The molecule has 0 unspecified atom stereocenters. The van der Waals surface area contributed by atoms with Crippen molar-refractivity contribution in [3.63, 3.8) is 0 Å². The molecule has 2 aliphatic heterocycles. The van der Waals surface area contributed by atoms with Gasteiger partial charge in [0.1, 0.15) is 0 Å². The number of allylic oxidation sites excluding steroid dienone is 1. The first-order valence-electron chi connectivity index (χ1n) is 3.80. The van der Waals surface area contributed by atoms with Gasteiger partial charge in [0, 0.05) is 11.4 Å². The van der Waals surface area contributed by atoms with Crippen molar-refractivity contribution in [3.8, 4) is 0 Å². The molecule has 0 aromatic heterocycles. The maximum atomic E-state index is 11.1. The van der Waals surface area contributed by atoms with Crippen LogP contribution in [0.1, 0.15) is 20.3 Å². The van der Waals surface area contributed by atoms with Gasteiger partial charge in [-0.15, -0.1) is 11.8 Å². The molecule has 0 saturated carbocycles. The lowest BCUT2D eigenvalue weighted by molar-refractivity contribution is -0.138. The number of carbonyl (C=O) groups is 1. The first-order chi connectivity index (χ1) is 5.20. The Labute approximate surface area is 70.6 Å². The first kappa shape index (κ1) is 7.22. The van der Waals surface area contributed by atoms with Crippen molar-refractivity contribution in [3.05, 3.63) is 11.3 Å². The van der Waals surface area contributed by atoms with Crippen LogP contribution in [0.4, 0.5) is 0 Å². The fourth-order valence-electron chi connectivity index (χ4n) is 1.45. The molecular weight excluding hydrogens is 158 g/mol. The predicted octanol–water partition coefficient (Wildman–Crippen LogP) is 1.59. The average molecular weight is 169 g/mol. The highest BCUT2D eigenvalue weighted by Gasteiger charge is 2.40. The molecule has 3 heteroatoms. The fourth-order valence-corrected chi connectivity index (χ4v) is 2.79. The largest absolute Gasteiger partial charge is 0.303 e. The van der Waals surface area contributed by atoms with Gasteiger partial charge in [-0.25, -0.2) is 0 Å². The van der Waals surface area contributed by atoms with Gasteiger partial charge in [-0.05, 0) is 19.4 Å². The highest BCUT2D eigenvalue weighted by molar-refractivity contribution is 8.00. The highest BCUT2D eigenvalue weighted by Crippen LogP contribution is 2.39. The summed E-state index contributed by atoms with van der Waals surface area (Å²) >= 11 is 1.88. The van der Waals surface area contributed by atoms with Crippen molar-refractivity contribution >= 4 is 17.7 Å². The van der Waals surface area contributed by atoms with Crippen molar-refractivity contribution in [2.24, 2.45) is 0 Å². The summed E-state index contributed by atoms with van der Waals surface area (Å²) in [5, 5.41) is 0.464. The lowest BCUT2D eigenvalue weighted by Gasteiger charge is -2.44. The molecule has 0 aromatic rings. The molecule has 11 heavy (non-hydrogen) atoms. The minimum absolute atomic E-state index is 0.291. The van der Waals surface area contributed by atoms with Crippen molar-refractivity contribution in [1.82, 2.24) is 4.90 Å². The van der Waals surface area contributed by atoms with Gasteiger partial charge in [0.2, 0.25) is 5.91 Å². The van der Waals surface area contributed by atoms with Gasteiger partial charge >= 0.3 is 0 Å². The Morgan fingerprint density at radius 3 is 2.82 bits per heavy atom. The van der Waals surface area contributed by atoms with Crippen LogP contribution in [0.5, 0.6) is 0 Å². The summed E-state index contributed by atoms with van der Waals surface area (Å²) < 4.78 is 0. The lowest BCUT2D eigenvalue weighted by atomic mass is 10.1. The number of nitrogens with zero attached hydrogens (tertiary/aromatic N) is 1. The smallest absolute Gasteiger partial charge is 0.230 e. The average Bonchev–Trinajstić information content (AvgIpc) is 1.94. The van der Waals surface area contributed by atoms with E-state index in [9.17, 15) is 4.79 Å². The summed E-state index contributed by atoms with van der Waals surface area (Å²) in [4.78, 5) is 13.0. The molecule has 2 nitrogen and oxygen atoms in total. The second kappa shape index (κ2) is 2.27. The van der Waals surface area contributed by atoms with Crippen LogP contribution in [0.15, 0.2) is 11.3 Å². The monoisotopic (exact) mass is 169 g/mol. The van der Waals surface area contributed by atoms with E-state index in [1.54, 1.807) is 0 Å². The quantitative estimate of drug-likeness (QED) is 0.513. The van der Waals surface area contributed by atoms with E-state index in [0.717, 1.165) is 12.2 Å². The normalized spacial score (nSPS) is 30.2. The summed E-state index contributed by atoms with van der Waals surface area (Å²) in [6, 6.07) is 0. The van der Waals surface area contributed by atoms with Crippen LogP contribution >= 0.6 is 11.8 Å². The molecule has 2 heterocycles. The van der Waals surface area contributed by atoms with E-state index in [-0.39, 0.29) is 0 Å². The molecule has 0 N–H and O–H groups in total. The second-order valence-electron chi connectivity index (χ2n) is 3.10. The Kier molecular flexibility index (Phi) is 1.49. The molecule has 1 saturated heterocycles. The number of amides is 1. The van der Waals surface area contributed by atoms with E-state index < -0.39 is 0 Å². The van der Waals surface area contributed by atoms with Gasteiger partial charge in [0.25, 0.3) is 0 Å². The summed E-state index contributed by atoms with van der Waals surface area (Å²) in [7, 11) is 0. The van der Waals surface area contributed by atoms with Gasteiger partial charge in [-0.1, -0.05) is 0 Å². The molecule has 60 valence electrons. The highest BCUT2D eigenvalue weighted by atomic mass is 32.2. The van der Waals surface area contributed by atoms with E-state index >= 15 is 0 Å². The number of fused-ring (bicyclic) bond motifs is 1. The Bertz CT molecular complexity index is 246. The zero-order valence-corrected chi connectivity index (χ0v) is 7.57. The topological polar surface area (TPSA) is 20.3 Å². The van der Waals surface area contributed by atoms with Crippen LogP contribution < -0.4 is 0 Å². The zero-order valence-electron chi connectivity index (χ0n) is 6.76. The first-order valence-corrected chi connectivity index (χ1v) is 4.85. The molecule has 0 bridgehead atoms. The zero-order chi connectivity index (χ0) is 8.01. The minimum atomic E-state index is 0.291. The number of hydrogen-bond donors (Lipinski definition) is 0. The van der Waals surface area contributed by atoms with Gasteiger partial charge in [-0.2, -0.15) is 0 Å². The van der Waals surface area contributed by atoms with E-state index in [1.165, 1.54) is 11.3 Å². The predicted molar refractivity (Wildman–Crippen MR) is 46.1 cm³/mol. The molecule has 0 spiro atoms. The summed E-state index contributed by atoms with van der Waals surface area (Å²) in [6.07, 6.45) is 0.745. The number of thioether (sulfide) groups is 1. The van der Waals surface area contributed by atoms with Crippen molar-refractivity contribution < 1.29 is 4.79 Å². The Hall–Kier alpha value is -0.440. The van der Waals surface area contributed by atoms with E-state index in [1.807, 2.05) is 23.6 Å². The third kappa shape index (κ3) is 0.906. The molecule has 2 aliphatic rings. The maximum Gasteiger partial charge on any atom is 0.230 e. The van der Waals surface area contributed by atoms with Crippen LogP contribution in [0, 0.1) is 0 Å². The number of β-lactam (4-membered cyclic amide) rings is 1. The van der Waals surface area contributed by atoms with Crippen LogP contribution in [-0.2, 0) is 4.79 Å². The summed E-state index contributed by atoms with van der Waals surface area (Å²) in [6.45, 7) is 4.14. The molecule has 1 fully saturated rings. The molecule has 0 aliphatic carbocycles. The summed E-state index contributed by atoms with van der Waals surface area (Å²) in [5.74, 6) is 1.39.